The van der Waals surface area contributed by atoms with Gasteiger partial charge in [-0.3, -0.25) is 4.90 Å². The van der Waals surface area contributed by atoms with Gasteiger partial charge >= 0.3 is 6.18 Å². The summed E-state index contributed by atoms with van der Waals surface area (Å²) in [6.45, 7) is 4.51. The summed E-state index contributed by atoms with van der Waals surface area (Å²) < 4.78 is 38.3. The maximum atomic E-state index is 12.8. The standard InChI is InChI=1S/C15H22F3N5O/c1-21-6-8-22(9-7-21)11-3-5-23(10-12(11)24)14-19-4-2-13(20-14)15(16,17)18/h2,4,11-12,24H,3,5-10H2,1H3/t11-,12-/m1/s1. The van der Waals surface area contributed by atoms with Crippen LogP contribution in [0.3, 0.4) is 0 Å². The van der Waals surface area contributed by atoms with Crippen LogP contribution >= 0.6 is 0 Å². The summed E-state index contributed by atoms with van der Waals surface area (Å²) in [7, 11) is 2.07. The van der Waals surface area contributed by atoms with Crippen LogP contribution in [0.5, 0.6) is 0 Å². The van der Waals surface area contributed by atoms with Crippen molar-refractivity contribution in [3.63, 3.8) is 0 Å². The molecule has 3 heterocycles. The fraction of sp³-hybridized carbons (Fsp3) is 0.733. The fourth-order valence-corrected chi connectivity index (χ4v) is 3.34. The van der Waals surface area contributed by atoms with Gasteiger partial charge in [0.05, 0.1) is 6.10 Å². The van der Waals surface area contributed by atoms with E-state index in [4.69, 9.17) is 0 Å². The first-order chi connectivity index (χ1) is 11.3. The molecule has 2 saturated heterocycles. The number of likely N-dealkylation sites (N-methyl/N-ethyl adjacent to an activating group) is 1. The van der Waals surface area contributed by atoms with Crippen molar-refractivity contribution in [3.8, 4) is 0 Å². The maximum absolute atomic E-state index is 12.8. The molecule has 0 unspecified atom stereocenters. The van der Waals surface area contributed by atoms with Crippen molar-refractivity contribution in [2.45, 2.75) is 24.7 Å². The van der Waals surface area contributed by atoms with Crippen molar-refractivity contribution in [1.82, 2.24) is 19.8 Å². The Morgan fingerprint density at radius 3 is 2.50 bits per heavy atom. The van der Waals surface area contributed by atoms with Crippen LogP contribution in [-0.2, 0) is 6.18 Å². The molecule has 2 aliphatic heterocycles. The number of rotatable bonds is 2. The van der Waals surface area contributed by atoms with Crippen molar-refractivity contribution >= 4 is 5.95 Å². The van der Waals surface area contributed by atoms with Crippen molar-refractivity contribution in [1.29, 1.82) is 0 Å². The van der Waals surface area contributed by atoms with E-state index in [9.17, 15) is 18.3 Å². The number of β-amino-alcohol motifs (C(OH)–C–C–N with tert-alkyl or cyclic N) is 1. The number of piperazine rings is 1. The normalized spacial score (nSPS) is 27.5. The highest BCUT2D eigenvalue weighted by Gasteiger charge is 2.36. The molecule has 9 heteroatoms. The molecule has 1 aromatic heterocycles. The lowest BCUT2D eigenvalue weighted by Gasteiger charge is -2.44. The Bertz CT molecular complexity index is 562. The summed E-state index contributed by atoms with van der Waals surface area (Å²) in [4.78, 5) is 13.7. The number of hydrogen-bond donors (Lipinski definition) is 1. The van der Waals surface area contributed by atoms with Crippen LogP contribution in [0, 0.1) is 0 Å². The van der Waals surface area contributed by atoms with E-state index in [2.05, 4.69) is 26.8 Å². The van der Waals surface area contributed by atoms with E-state index in [1.54, 1.807) is 4.90 Å². The van der Waals surface area contributed by atoms with Gasteiger partial charge in [-0.1, -0.05) is 0 Å². The van der Waals surface area contributed by atoms with Crippen molar-refractivity contribution in [2.24, 2.45) is 0 Å². The number of anilines is 1. The van der Waals surface area contributed by atoms with Crippen LogP contribution < -0.4 is 4.90 Å². The molecular weight excluding hydrogens is 323 g/mol. The topological polar surface area (TPSA) is 55.7 Å². The monoisotopic (exact) mass is 345 g/mol. The molecule has 0 radical (unpaired) electrons. The third-order valence-corrected chi connectivity index (χ3v) is 4.77. The second-order valence-corrected chi connectivity index (χ2v) is 6.45. The van der Waals surface area contributed by atoms with Gasteiger partial charge in [0.2, 0.25) is 5.95 Å². The predicted molar refractivity (Wildman–Crippen MR) is 82.7 cm³/mol. The molecule has 134 valence electrons. The molecule has 2 fully saturated rings. The third kappa shape index (κ3) is 3.79. The van der Waals surface area contributed by atoms with E-state index < -0.39 is 18.0 Å². The fourth-order valence-electron chi connectivity index (χ4n) is 3.34. The molecule has 6 nitrogen and oxygen atoms in total. The summed E-state index contributed by atoms with van der Waals surface area (Å²) in [5.41, 5.74) is -0.955. The summed E-state index contributed by atoms with van der Waals surface area (Å²) in [6.07, 6.45) is -3.32. The molecule has 0 spiro atoms. The van der Waals surface area contributed by atoms with Gasteiger partial charge in [0.15, 0.2) is 0 Å². The number of aliphatic hydroxyl groups is 1. The third-order valence-electron chi connectivity index (χ3n) is 4.77. The molecule has 24 heavy (non-hydrogen) atoms. The number of hydrogen-bond acceptors (Lipinski definition) is 6. The molecule has 0 amide bonds. The van der Waals surface area contributed by atoms with E-state index in [1.807, 2.05) is 0 Å². The predicted octanol–water partition coefficient (Wildman–Crippen LogP) is 0.682. The van der Waals surface area contributed by atoms with Crippen molar-refractivity contribution in [3.05, 3.63) is 18.0 Å². The highest BCUT2D eigenvalue weighted by Crippen LogP contribution is 2.29. The van der Waals surface area contributed by atoms with Crippen LogP contribution in [0.4, 0.5) is 19.1 Å². The molecule has 2 atom stereocenters. The van der Waals surface area contributed by atoms with E-state index in [0.717, 1.165) is 38.4 Å². The maximum Gasteiger partial charge on any atom is 0.433 e. The summed E-state index contributed by atoms with van der Waals surface area (Å²) >= 11 is 0. The van der Waals surface area contributed by atoms with Gasteiger partial charge in [-0.05, 0) is 19.5 Å². The Kier molecular flexibility index (Phi) is 4.93. The first-order valence-electron chi connectivity index (χ1n) is 8.10. The molecular formula is C15H22F3N5O. The lowest BCUT2D eigenvalue weighted by Crippen LogP contribution is -2.58. The zero-order valence-electron chi connectivity index (χ0n) is 13.6. The number of nitrogens with zero attached hydrogens (tertiary/aromatic N) is 5. The van der Waals surface area contributed by atoms with E-state index in [0.29, 0.717) is 13.0 Å². The van der Waals surface area contributed by atoms with Crippen LogP contribution in [0.15, 0.2) is 12.3 Å². The quantitative estimate of drug-likeness (QED) is 0.851. The van der Waals surface area contributed by atoms with Crippen molar-refractivity contribution < 1.29 is 18.3 Å². The first-order valence-corrected chi connectivity index (χ1v) is 8.10. The average molecular weight is 345 g/mol. The SMILES string of the molecule is CN1CCN([C@@H]2CCN(c3nccc(C(F)(F)F)n3)C[C@H]2O)CC1. The van der Waals surface area contributed by atoms with Crippen LogP contribution in [0.2, 0.25) is 0 Å². The summed E-state index contributed by atoms with van der Waals surface area (Å²) in [5, 5.41) is 10.5. The van der Waals surface area contributed by atoms with Gasteiger partial charge in [-0.15, -0.1) is 0 Å². The summed E-state index contributed by atoms with van der Waals surface area (Å²) in [5.74, 6) is 0.0284. The van der Waals surface area contributed by atoms with Gasteiger partial charge in [-0.25, -0.2) is 9.97 Å². The molecule has 1 N–H and O–H groups in total. The lowest BCUT2D eigenvalue weighted by molar-refractivity contribution is -0.141. The Morgan fingerprint density at radius 1 is 1.17 bits per heavy atom. The van der Waals surface area contributed by atoms with E-state index in [-0.39, 0.29) is 18.5 Å². The minimum Gasteiger partial charge on any atom is -0.390 e. The van der Waals surface area contributed by atoms with Gasteiger partial charge < -0.3 is 14.9 Å². The number of aliphatic hydroxyl groups excluding tert-OH is 1. The van der Waals surface area contributed by atoms with E-state index in [1.165, 1.54) is 0 Å². The Morgan fingerprint density at radius 2 is 1.88 bits per heavy atom. The zero-order valence-corrected chi connectivity index (χ0v) is 13.6. The Labute approximate surface area is 138 Å². The smallest absolute Gasteiger partial charge is 0.390 e. The van der Waals surface area contributed by atoms with Crippen LogP contribution in [0.25, 0.3) is 0 Å². The van der Waals surface area contributed by atoms with Crippen molar-refractivity contribution in [2.75, 3.05) is 51.2 Å². The van der Waals surface area contributed by atoms with Crippen LogP contribution in [0.1, 0.15) is 12.1 Å². The summed E-state index contributed by atoms with van der Waals surface area (Å²) in [6, 6.07) is 0.900. The van der Waals surface area contributed by atoms with Gasteiger partial charge in [0.1, 0.15) is 5.69 Å². The first kappa shape index (κ1) is 17.4. The molecule has 3 rings (SSSR count). The molecule has 0 saturated carbocycles. The number of aromatic nitrogens is 2. The zero-order chi connectivity index (χ0) is 17.3. The molecule has 0 aromatic carbocycles. The Hall–Kier alpha value is -1.45. The molecule has 2 aliphatic rings. The Balaban J connectivity index is 1.65. The van der Waals surface area contributed by atoms with Crippen LogP contribution in [-0.4, -0.2) is 83.3 Å². The van der Waals surface area contributed by atoms with Gasteiger partial charge in [0, 0.05) is 51.5 Å². The molecule has 0 bridgehead atoms. The molecule has 0 aliphatic carbocycles. The lowest BCUT2D eigenvalue weighted by atomic mass is 9.99. The molecule has 1 aromatic rings. The van der Waals surface area contributed by atoms with Gasteiger partial charge in [-0.2, -0.15) is 13.2 Å². The second kappa shape index (κ2) is 6.81. The number of alkyl halides is 3. The second-order valence-electron chi connectivity index (χ2n) is 6.45. The number of halogens is 3. The highest BCUT2D eigenvalue weighted by atomic mass is 19.4. The number of piperidine rings is 1. The average Bonchev–Trinajstić information content (AvgIpc) is 2.55. The largest absolute Gasteiger partial charge is 0.433 e. The highest BCUT2D eigenvalue weighted by molar-refractivity contribution is 5.32. The minimum atomic E-state index is -4.49. The van der Waals surface area contributed by atoms with Gasteiger partial charge in [0.25, 0.3) is 0 Å². The van der Waals surface area contributed by atoms with E-state index >= 15 is 0 Å². The minimum absolute atomic E-state index is 0.0284.